The average molecular weight is 418 g/mol. The molecule has 0 unspecified atom stereocenters. The summed E-state index contributed by atoms with van der Waals surface area (Å²) in [6, 6.07) is 7.40. The lowest BCUT2D eigenvalue weighted by Crippen LogP contribution is -2.33. The first-order valence-electron chi connectivity index (χ1n) is 8.77. The van der Waals surface area contributed by atoms with E-state index in [2.05, 4.69) is 15.0 Å². The predicted molar refractivity (Wildman–Crippen MR) is 101 cm³/mol. The number of carbonyl (C=O) groups is 2. The summed E-state index contributed by atoms with van der Waals surface area (Å²) in [6.45, 7) is 1.65. The number of nitrogens with zero attached hydrogens (tertiary/aromatic N) is 4. The molecule has 0 saturated carbocycles. The van der Waals surface area contributed by atoms with Crippen LogP contribution in [0.25, 0.3) is 10.4 Å². The fourth-order valence-corrected chi connectivity index (χ4v) is 3.67. The first-order valence-corrected chi connectivity index (χ1v) is 9.65. The number of thiazole rings is 1. The molecule has 1 aliphatic rings. The van der Waals surface area contributed by atoms with Crippen LogP contribution in [0.4, 0.5) is 0 Å². The summed E-state index contributed by atoms with van der Waals surface area (Å²) in [5.41, 5.74) is 9.30. The van der Waals surface area contributed by atoms with Gasteiger partial charge in [-0.25, -0.2) is 14.6 Å². The highest BCUT2D eigenvalue weighted by Crippen LogP contribution is 2.37. The van der Waals surface area contributed by atoms with Crippen molar-refractivity contribution in [1.29, 1.82) is 0 Å². The molecule has 0 bridgehead atoms. The molecule has 0 spiro atoms. The molecule has 2 heterocycles. The first kappa shape index (κ1) is 20.7. The van der Waals surface area contributed by atoms with E-state index < -0.39 is 36.3 Å². The van der Waals surface area contributed by atoms with Crippen LogP contribution in [0.15, 0.2) is 40.8 Å². The molecule has 1 fully saturated rings. The Morgan fingerprint density at radius 1 is 1.31 bits per heavy atom. The lowest BCUT2D eigenvalue weighted by molar-refractivity contribution is -0.0341. The number of azide groups is 1. The van der Waals surface area contributed by atoms with Crippen molar-refractivity contribution in [2.24, 2.45) is 5.11 Å². The van der Waals surface area contributed by atoms with E-state index in [-0.39, 0.29) is 18.9 Å². The van der Waals surface area contributed by atoms with Gasteiger partial charge in [0.05, 0.1) is 24.3 Å². The van der Waals surface area contributed by atoms with Crippen molar-refractivity contribution < 1.29 is 28.9 Å². The van der Waals surface area contributed by atoms with E-state index >= 15 is 0 Å². The van der Waals surface area contributed by atoms with Crippen LogP contribution >= 0.6 is 11.3 Å². The molecular weight excluding hydrogens is 400 g/mol. The molecule has 29 heavy (non-hydrogen) atoms. The number of aliphatic hydroxyl groups is 1. The average Bonchev–Trinajstić information content (AvgIpc) is 3.33. The van der Waals surface area contributed by atoms with Crippen molar-refractivity contribution in [2.75, 3.05) is 13.2 Å². The minimum Gasteiger partial charge on any atom is -0.461 e. The Labute approximate surface area is 169 Å². The Hall–Kier alpha value is -2.98. The van der Waals surface area contributed by atoms with Gasteiger partial charge in [-0.05, 0) is 24.6 Å². The van der Waals surface area contributed by atoms with Gasteiger partial charge >= 0.3 is 11.9 Å². The number of benzene rings is 1. The van der Waals surface area contributed by atoms with E-state index in [1.807, 2.05) is 0 Å². The largest absolute Gasteiger partial charge is 0.461 e. The predicted octanol–water partition coefficient (Wildman–Crippen LogP) is 2.66. The van der Waals surface area contributed by atoms with E-state index in [1.54, 1.807) is 37.3 Å². The van der Waals surface area contributed by atoms with Crippen LogP contribution in [-0.4, -0.2) is 53.5 Å². The zero-order valence-electron chi connectivity index (χ0n) is 15.4. The van der Waals surface area contributed by atoms with Gasteiger partial charge in [-0.2, -0.15) is 0 Å². The molecule has 1 saturated heterocycles. The molecule has 0 amide bonds. The van der Waals surface area contributed by atoms with Gasteiger partial charge in [0.15, 0.2) is 5.69 Å². The van der Waals surface area contributed by atoms with Crippen molar-refractivity contribution in [2.45, 2.75) is 31.3 Å². The monoisotopic (exact) mass is 418 g/mol. The van der Waals surface area contributed by atoms with Crippen LogP contribution < -0.4 is 0 Å². The fourth-order valence-electron chi connectivity index (χ4n) is 2.81. The van der Waals surface area contributed by atoms with E-state index in [1.165, 1.54) is 5.38 Å². The third-order valence-electron chi connectivity index (χ3n) is 4.19. The highest BCUT2D eigenvalue weighted by Gasteiger charge is 2.46. The Bertz CT molecular complexity index is 914. The maximum Gasteiger partial charge on any atom is 0.357 e. The van der Waals surface area contributed by atoms with Crippen LogP contribution in [-0.2, 0) is 14.2 Å². The van der Waals surface area contributed by atoms with Crippen molar-refractivity contribution in [3.05, 3.63) is 62.4 Å². The van der Waals surface area contributed by atoms with Crippen LogP contribution in [0, 0.1) is 0 Å². The van der Waals surface area contributed by atoms with Crippen molar-refractivity contribution in [3.63, 3.8) is 0 Å². The Kier molecular flexibility index (Phi) is 6.78. The number of carbonyl (C=O) groups excluding carboxylic acids is 2. The molecule has 10 nitrogen and oxygen atoms in total. The standard InChI is InChI=1S/C18H18N4O6S/c1-2-26-18(25)11-9-29-16(20-11)15-13(21-22-19)14(23)12(28-15)8-27-17(24)10-6-4-3-5-7-10/h3-7,9,12-15,23H,2,8H2,1H3/t12-,13-,14-,15-/m1/s1. The summed E-state index contributed by atoms with van der Waals surface area (Å²) in [4.78, 5) is 30.8. The van der Waals surface area contributed by atoms with Crippen LogP contribution in [0.1, 0.15) is 38.9 Å². The van der Waals surface area contributed by atoms with Crippen LogP contribution in [0.2, 0.25) is 0 Å². The number of ether oxygens (including phenoxy) is 3. The number of esters is 2. The third kappa shape index (κ3) is 4.72. The number of hydrogen-bond donors (Lipinski definition) is 1. The molecule has 3 rings (SSSR count). The molecule has 4 atom stereocenters. The second-order valence-corrected chi connectivity index (χ2v) is 6.93. The van der Waals surface area contributed by atoms with Gasteiger partial charge < -0.3 is 19.3 Å². The molecule has 1 aromatic heterocycles. The van der Waals surface area contributed by atoms with Gasteiger partial charge in [-0.15, -0.1) is 11.3 Å². The van der Waals surface area contributed by atoms with E-state index in [4.69, 9.17) is 19.7 Å². The van der Waals surface area contributed by atoms with Gasteiger partial charge in [0, 0.05) is 10.3 Å². The molecule has 1 aliphatic heterocycles. The maximum absolute atomic E-state index is 12.1. The molecule has 2 aromatic rings. The van der Waals surface area contributed by atoms with Gasteiger partial charge in [-0.1, -0.05) is 23.3 Å². The van der Waals surface area contributed by atoms with Crippen LogP contribution in [0.5, 0.6) is 0 Å². The molecule has 11 heteroatoms. The molecule has 1 N–H and O–H groups in total. The molecule has 1 aromatic carbocycles. The van der Waals surface area contributed by atoms with Crippen molar-refractivity contribution >= 4 is 23.3 Å². The molecular formula is C18H18N4O6S. The summed E-state index contributed by atoms with van der Waals surface area (Å²) in [5, 5.41) is 16.0. The van der Waals surface area contributed by atoms with Crippen molar-refractivity contribution in [3.8, 4) is 0 Å². The maximum atomic E-state index is 12.1. The van der Waals surface area contributed by atoms with Gasteiger partial charge in [0.25, 0.3) is 0 Å². The first-order chi connectivity index (χ1) is 14.0. The summed E-state index contributed by atoms with van der Waals surface area (Å²) in [5.74, 6) is -1.15. The smallest absolute Gasteiger partial charge is 0.357 e. The topological polar surface area (TPSA) is 144 Å². The number of hydrogen-bond acceptors (Lipinski definition) is 9. The lowest BCUT2D eigenvalue weighted by Gasteiger charge is -2.14. The zero-order chi connectivity index (χ0) is 20.8. The summed E-state index contributed by atoms with van der Waals surface area (Å²) >= 11 is 1.12. The molecule has 152 valence electrons. The third-order valence-corrected chi connectivity index (χ3v) is 5.09. The molecule has 0 aliphatic carbocycles. The minimum atomic E-state index is -1.21. The van der Waals surface area contributed by atoms with Gasteiger partial charge in [-0.3, -0.25) is 0 Å². The van der Waals surface area contributed by atoms with Crippen LogP contribution in [0.3, 0.4) is 0 Å². The van der Waals surface area contributed by atoms with Crippen molar-refractivity contribution in [1.82, 2.24) is 4.98 Å². The highest BCUT2D eigenvalue weighted by atomic mass is 32.1. The minimum absolute atomic E-state index is 0.101. The Morgan fingerprint density at radius 2 is 2.07 bits per heavy atom. The second-order valence-electron chi connectivity index (χ2n) is 6.04. The SMILES string of the molecule is CCOC(=O)c1csc([C@@H]2O[C@H](COC(=O)c3ccccc3)[C@@H](O)[C@H]2N=[N+]=[N-])n1. The Morgan fingerprint density at radius 3 is 2.76 bits per heavy atom. The molecule has 0 radical (unpaired) electrons. The zero-order valence-corrected chi connectivity index (χ0v) is 16.2. The number of rotatable bonds is 7. The fraction of sp³-hybridized carbons (Fsp3) is 0.389. The summed E-state index contributed by atoms with van der Waals surface area (Å²) in [7, 11) is 0. The number of aromatic nitrogens is 1. The van der Waals surface area contributed by atoms with E-state index in [0.29, 0.717) is 10.6 Å². The quantitative estimate of drug-likeness (QED) is 0.315. The van der Waals surface area contributed by atoms with E-state index in [9.17, 15) is 14.7 Å². The van der Waals surface area contributed by atoms with E-state index in [0.717, 1.165) is 11.3 Å². The van der Waals surface area contributed by atoms with Gasteiger partial charge in [0.1, 0.15) is 23.8 Å². The number of aliphatic hydroxyl groups excluding tert-OH is 1. The lowest BCUT2D eigenvalue weighted by atomic mass is 10.1. The summed E-state index contributed by atoms with van der Waals surface area (Å²) < 4.78 is 15.9. The normalized spacial score (nSPS) is 23.2. The van der Waals surface area contributed by atoms with Gasteiger partial charge in [0.2, 0.25) is 0 Å². The highest BCUT2D eigenvalue weighted by molar-refractivity contribution is 7.09. The second kappa shape index (κ2) is 9.48. The summed E-state index contributed by atoms with van der Waals surface area (Å²) in [6.07, 6.45) is -3.01. The Balaban J connectivity index is 1.71.